The maximum atomic E-state index is 4.73. The van der Waals surface area contributed by atoms with Crippen LogP contribution < -0.4 is 5.32 Å². The van der Waals surface area contributed by atoms with Crippen LogP contribution in [0.5, 0.6) is 0 Å². The Hall–Kier alpha value is -0.220. The van der Waals surface area contributed by atoms with E-state index >= 15 is 0 Å². The molecule has 0 saturated carbocycles. The van der Waals surface area contributed by atoms with Crippen LogP contribution >= 0.6 is 11.8 Å². The average Bonchev–Trinajstić information content (AvgIpc) is 2.24. The van der Waals surface area contributed by atoms with Crippen molar-refractivity contribution in [1.82, 2.24) is 10.2 Å². The van der Waals surface area contributed by atoms with Gasteiger partial charge in [0.15, 0.2) is 5.17 Å². The molecule has 4 heteroatoms. The fourth-order valence-electron chi connectivity index (χ4n) is 2.24. The normalized spacial score (nSPS) is 36.9. The van der Waals surface area contributed by atoms with Crippen LogP contribution in [-0.2, 0) is 0 Å². The minimum absolute atomic E-state index is 0.477. The Bertz CT molecular complexity index is 267. The molecular formula is C12H23N3S. The molecule has 3 nitrogen and oxygen atoms in total. The molecule has 0 spiro atoms. The Morgan fingerprint density at radius 3 is 2.94 bits per heavy atom. The predicted molar refractivity (Wildman–Crippen MR) is 72.2 cm³/mol. The van der Waals surface area contributed by atoms with Crippen LogP contribution in [-0.4, -0.2) is 48.0 Å². The molecule has 16 heavy (non-hydrogen) atoms. The smallest absolute Gasteiger partial charge is 0.157 e. The Kier molecular flexibility index (Phi) is 4.14. The standard InChI is InChI=1S/C12H23N3S/c1-9-8-16-12(13-10(9)2)14-11-5-4-6-15(3)7-11/h9-11H,4-8H2,1-3H3,(H,13,14). The summed E-state index contributed by atoms with van der Waals surface area (Å²) in [6, 6.07) is 1.08. The van der Waals surface area contributed by atoms with Crippen LogP contribution in [0.15, 0.2) is 4.99 Å². The van der Waals surface area contributed by atoms with Gasteiger partial charge in [0.05, 0.1) is 6.04 Å². The van der Waals surface area contributed by atoms with E-state index in [-0.39, 0.29) is 0 Å². The Morgan fingerprint density at radius 2 is 2.25 bits per heavy atom. The van der Waals surface area contributed by atoms with Crippen molar-refractivity contribution in [3.8, 4) is 0 Å². The van der Waals surface area contributed by atoms with Crippen molar-refractivity contribution in [1.29, 1.82) is 0 Å². The van der Waals surface area contributed by atoms with Gasteiger partial charge in [0.2, 0.25) is 0 Å². The quantitative estimate of drug-likeness (QED) is 0.758. The number of likely N-dealkylation sites (N-methyl/N-ethyl adjacent to an activating group) is 1. The second-order valence-electron chi connectivity index (χ2n) is 5.21. The summed E-state index contributed by atoms with van der Waals surface area (Å²) < 4.78 is 0. The topological polar surface area (TPSA) is 27.6 Å². The van der Waals surface area contributed by atoms with Crippen molar-refractivity contribution in [2.75, 3.05) is 25.9 Å². The molecular weight excluding hydrogens is 218 g/mol. The van der Waals surface area contributed by atoms with Gasteiger partial charge in [-0.2, -0.15) is 0 Å². The summed E-state index contributed by atoms with van der Waals surface area (Å²) in [7, 11) is 2.20. The molecule has 2 heterocycles. The van der Waals surface area contributed by atoms with Gasteiger partial charge >= 0.3 is 0 Å². The van der Waals surface area contributed by atoms with E-state index < -0.39 is 0 Å². The largest absolute Gasteiger partial charge is 0.361 e. The predicted octanol–water partition coefficient (Wildman–Crippen LogP) is 1.80. The van der Waals surface area contributed by atoms with E-state index in [0.717, 1.165) is 6.54 Å². The number of piperidine rings is 1. The molecule has 0 aromatic carbocycles. The molecule has 2 rings (SSSR count). The number of hydrogen-bond acceptors (Lipinski definition) is 4. The molecule has 2 aliphatic rings. The van der Waals surface area contributed by atoms with Crippen molar-refractivity contribution in [3.05, 3.63) is 0 Å². The number of nitrogens with one attached hydrogen (secondary N) is 1. The number of likely N-dealkylation sites (tertiary alicyclic amines) is 1. The molecule has 0 radical (unpaired) electrons. The Morgan fingerprint density at radius 1 is 1.44 bits per heavy atom. The zero-order valence-corrected chi connectivity index (χ0v) is 11.4. The van der Waals surface area contributed by atoms with Gasteiger partial charge in [0.25, 0.3) is 0 Å². The van der Waals surface area contributed by atoms with Crippen LogP contribution in [0.1, 0.15) is 26.7 Å². The fourth-order valence-corrected chi connectivity index (χ4v) is 3.43. The Balaban J connectivity index is 1.87. The van der Waals surface area contributed by atoms with Crippen molar-refractivity contribution in [3.63, 3.8) is 0 Å². The summed E-state index contributed by atoms with van der Waals surface area (Å²) in [6.07, 6.45) is 2.59. The summed E-state index contributed by atoms with van der Waals surface area (Å²) in [5.41, 5.74) is 0. The van der Waals surface area contributed by atoms with Gasteiger partial charge < -0.3 is 10.2 Å². The molecule has 1 saturated heterocycles. The lowest BCUT2D eigenvalue weighted by Gasteiger charge is -2.32. The first-order valence-corrected chi connectivity index (χ1v) is 7.29. The number of nitrogens with zero attached hydrogens (tertiary/aromatic N) is 2. The molecule has 3 unspecified atom stereocenters. The maximum absolute atomic E-state index is 4.73. The summed E-state index contributed by atoms with van der Waals surface area (Å²) in [5.74, 6) is 1.92. The van der Waals surface area contributed by atoms with E-state index in [1.807, 2.05) is 11.8 Å². The van der Waals surface area contributed by atoms with E-state index in [1.165, 1.54) is 30.3 Å². The van der Waals surface area contributed by atoms with Gasteiger partial charge in [0, 0.05) is 18.3 Å². The fraction of sp³-hybridized carbons (Fsp3) is 0.917. The van der Waals surface area contributed by atoms with Gasteiger partial charge in [-0.05, 0) is 39.3 Å². The van der Waals surface area contributed by atoms with Gasteiger partial charge in [-0.1, -0.05) is 18.7 Å². The molecule has 1 N–H and O–H groups in total. The van der Waals surface area contributed by atoms with Crippen molar-refractivity contribution in [2.45, 2.75) is 38.8 Å². The van der Waals surface area contributed by atoms with Crippen LogP contribution in [0, 0.1) is 5.92 Å². The first kappa shape index (κ1) is 12.2. The molecule has 1 fully saturated rings. The van der Waals surface area contributed by atoms with Crippen molar-refractivity contribution >= 4 is 16.9 Å². The van der Waals surface area contributed by atoms with Crippen molar-refractivity contribution in [2.24, 2.45) is 10.9 Å². The molecule has 3 atom stereocenters. The number of amidine groups is 1. The molecule has 2 aliphatic heterocycles. The van der Waals surface area contributed by atoms with Gasteiger partial charge in [-0.25, -0.2) is 0 Å². The van der Waals surface area contributed by atoms with E-state index in [9.17, 15) is 0 Å². The number of thioether (sulfide) groups is 1. The average molecular weight is 241 g/mol. The molecule has 0 aromatic rings. The van der Waals surface area contributed by atoms with Crippen LogP contribution in [0.3, 0.4) is 0 Å². The highest BCUT2D eigenvalue weighted by molar-refractivity contribution is 8.13. The summed E-state index contributed by atoms with van der Waals surface area (Å²) in [6.45, 7) is 6.90. The minimum Gasteiger partial charge on any atom is -0.361 e. The first-order chi connectivity index (χ1) is 7.65. The lowest BCUT2D eigenvalue weighted by Crippen LogP contribution is -2.46. The molecule has 92 valence electrons. The third-order valence-corrected chi connectivity index (χ3v) is 4.77. The van der Waals surface area contributed by atoms with Crippen LogP contribution in [0.4, 0.5) is 0 Å². The van der Waals surface area contributed by atoms with Crippen LogP contribution in [0.25, 0.3) is 0 Å². The number of rotatable bonds is 1. The highest BCUT2D eigenvalue weighted by atomic mass is 32.2. The highest BCUT2D eigenvalue weighted by Crippen LogP contribution is 2.22. The third-order valence-electron chi connectivity index (χ3n) is 3.58. The van der Waals surface area contributed by atoms with E-state index in [4.69, 9.17) is 4.99 Å². The van der Waals surface area contributed by atoms with E-state index in [2.05, 4.69) is 31.1 Å². The first-order valence-electron chi connectivity index (χ1n) is 6.31. The Labute approximate surface area is 103 Å². The summed E-state index contributed by atoms with van der Waals surface area (Å²) in [4.78, 5) is 7.14. The zero-order chi connectivity index (χ0) is 11.5. The number of hydrogen-bond donors (Lipinski definition) is 1. The van der Waals surface area contributed by atoms with Gasteiger partial charge in [-0.15, -0.1) is 0 Å². The molecule has 0 amide bonds. The van der Waals surface area contributed by atoms with E-state index in [0.29, 0.717) is 18.0 Å². The lowest BCUT2D eigenvalue weighted by molar-refractivity contribution is 0.241. The van der Waals surface area contributed by atoms with Gasteiger partial charge in [0.1, 0.15) is 0 Å². The number of aliphatic imine (C=N–C) groups is 1. The third kappa shape index (κ3) is 3.14. The SMILES string of the molecule is CC1CSC(NC2CCCN(C)C2)=NC1C. The zero-order valence-electron chi connectivity index (χ0n) is 10.6. The van der Waals surface area contributed by atoms with Gasteiger partial charge in [-0.3, -0.25) is 4.99 Å². The maximum Gasteiger partial charge on any atom is 0.157 e. The van der Waals surface area contributed by atoms with Crippen LogP contribution in [0.2, 0.25) is 0 Å². The monoisotopic (exact) mass is 241 g/mol. The minimum atomic E-state index is 0.477. The second-order valence-corrected chi connectivity index (χ2v) is 6.22. The molecule has 0 aromatic heterocycles. The highest BCUT2D eigenvalue weighted by Gasteiger charge is 2.23. The summed E-state index contributed by atoms with van der Waals surface area (Å²) >= 11 is 1.89. The van der Waals surface area contributed by atoms with Crippen molar-refractivity contribution < 1.29 is 0 Å². The molecule has 0 aliphatic carbocycles. The lowest BCUT2D eigenvalue weighted by atomic mass is 10.1. The summed E-state index contributed by atoms with van der Waals surface area (Å²) in [5, 5.41) is 4.78. The second kappa shape index (κ2) is 5.41. The molecule has 0 bridgehead atoms. The van der Waals surface area contributed by atoms with E-state index in [1.54, 1.807) is 0 Å².